The molecular formula is C10H12N4O2. The molecule has 0 aromatic carbocycles. The number of nitrogens with two attached hydrogens (primary N) is 1. The van der Waals surface area contributed by atoms with Crippen LogP contribution in [0.5, 0.6) is 0 Å². The average molecular weight is 220 g/mol. The Morgan fingerprint density at radius 3 is 2.44 bits per heavy atom. The van der Waals surface area contributed by atoms with E-state index in [2.05, 4.69) is 10.2 Å². The molecule has 1 aromatic heterocycles. The van der Waals surface area contributed by atoms with Crippen LogP contribution in [0.4, 0.5) is 0 Å². The Morgan fingerprint density at radius 1 is 1.38 bits per heavy atom. The van der Waals surface area contributed by atoms with Gasteiger partial charge in [-0.05, 0) is 31.2 Å². The molecule has 0 unspecified atom stereocenters. The fourth-order valence-electron chi connectivity index (χ4n) is 1.03. The van der Waals surface area contributed by atoms with Gasteiger partial charge < -0.3 is 0 Å². The topological polar surface area (TPSA) is 88.6 Å². The van der Waals surface area contributed by atoms with Crippen molar-refractivity contribution in [3.05, 3.63) is 46.4 Å². The number of amides is 1. The first-order valence-corrected chi connectivity index (χ1v) is 4.58. The minimum absolute atomic E-state index is 0.171. The molecule has 0 aliphatic carbocycles. The predicted octanol–water partition coefficient (Wildman–Crippen LogP) is 1.42. The first kappa shape index (κ1) is 12.0. The van der Waals surface area contributed by atoms with E-state index in [0.29, 0.717) is 11.3 Å². The lowest BCUT2D eigenvalue weighted by Crippen LogP contribution is -2.36. The number of hydrazine groups is 1. The summed E-state index contributed by atoms with van der Waals surface area (Å²) >= 11 is 0. The Bertz CT molecular complexity index is 428. The Kier molecular flexibility index (Phi) is 3.84. The van der Waals surface area contributed by atoms with Gasteiger partial charge in [0, 0.05) is 18.0 Å². The second kappa shape index (κ2) is 5.13. The summed E-state index contributed by atoms with van der Waals surface area (Å²) in [6, 6.07) is 3.08. The molecule has 0 spiro atoms. The van der Waals surface area contributed by atoms with Gasteiger partial charge in [-0.1, -0.05) is 0 Å². The number of carbonyl (C=O) groups excluding carboxylic acids is 1. The second-order valence-corrected chi connectivity index (χ2v) is 3.17. The molecule has 0 radical (unpaired) electrons. The highest BCUT2D eigenvalue weighted by Crippen LogP contribution is 2.10. The van der Waals surface area contributed by atoms with Crippen LogP contribution in [0.3, 0.4) is 0 Å². The molecule has 6 nitrogen and oxygen atoms in total. The quantitative estimate of drug-likeness (QED) is 0.361. The number of allylic oxidation sites excluding steroid dienone is 2. The number of carbonyl (C=O) groups is 1. The minimum Gasteiger partial charge on any atom is -0.267 e. The van der Waals surface area contributed by atoms with Crippen molar-refractivity contribution >= 4 is 5.91 Å². The van der Waals surface area contributed by atoms with Crippen LogP contribution in [0, 0.1) is 4.91 Å². The van der Waals surface area contributed by atoms with Crippen LogP contribution < -0.4 is 5.84 Å². The van der Waals surface area contributed by atoms with Crippen LogP contribution in [-0.4, -0.2) is 15.9 Å². The summed E-state index contributed by atoms with van der Waals surface area (Å²) in [5.41, 5.74) is 0.886. The van der Waals surface area contributed by atoms with E-state index in [4.69, 9.17) is 5.84 Å². The molecule has 84 valence electrons. The van der Waals surface area contributed by atoms with E-state index in [0.717, 1.165) is 5.01 Å². The number of aromatic nitrogens is 1. The molecule has 0 saturated carbocycles. The highest BCUT2D eigenvalue weighted by Gasteiger charge is 2.15. The number of nitrogens with zero attached hydrogens (tertiary/aromatic N) is 3. The lowest BCUT2D eigenvalue weighted by molar-refractivity contribution is 0.0804. The van der Waals surface area contributed by atoms with E-state index >= 15 is 0 Å². The molecule has 1 amide bonds. The summed E-state index contributed by atoms with van der Waals surface area (Å²) in [4.78, 5) is 25.9. The smallest absolute Gasteiger partial charge is 0.267 e. The molecule has 0 aliphatic heterocycles. The average Bonchev–Trinajstić information content (AvgIpc) is 2.36. The van der Waals surface area contributed by atoms with Crippen LogP contribution in [0.15, 0.2) is 41.1 Å². The molecule has 0 bridgehead atoms. The van der Waals surface area contributed by atoms with Crippen molar-refractivity contribution in [1.29, 1.82) is 0 Å². The first-order valence-electron chi connectivity index (χ1n) is 4.58. The summed E-state index contributed by atoms with van der Waals surface area (Å²) in [5, 5.41) is 3.62. The fraction of sp³-hybridized carbons (Fsp3) is 0.200. The van der Waals surface area contributed by atoms with E-state index in [9.17, 15) is 9.70 Å². The van der Waals surface area contributed by atoms with Gasteiger partial charge >= 0.3 is 0 Å². The minimum atomic E-state index is -0.414. The van der Waals surface area contributed by atoms with Crippen LogP contribution in [-0.2, 0) is 0 Å². The maximum Gasteiger partial charge on any atom is 0.272 e. The Labute approximate surface area is 92.7 Å². The molecule has 1 aromatic rings. The van der Waals surface area contributed by atoms with E-state index in [1.807, 2.05) is 0 Å². The van der Waals surface area contributed by atoms with Gasteiger partial charge in [-0.25, -0.2) is 10.9 Å². The van der Waals surface area contributed by atoms with Gasteiger partial charge in [0.05, 0.1) is 5.70 Å². The Morgan fingerprint density at radius 2 is 1.94 bits per heavy atom. The third kappa shape index (κ3) is 2.48. The SMILES string of the molecule is CC(N=O)=C(C)N(N)C(=O)c1ccncc1. The van der Waals surface area contributed by atoms with Crippen molar-refractivity contribution < 1.29 is 4.79 Å². The largest absolute Gasteiger partial charge is 0.272 e. The van der Waals surface area contributed by atoms with Crippen LogP contribution >= 0.6 is 0 Å². The summed E-state index contributed by atoms with van der Waals surface area (Å²) in [5.74, 6) is 5.16. The third-order valence-corrected chi connectivity index (χ3v) is 2.17. The first-order chi connectivity index (χ1) is 7.57. The molecule has 0 saturated heterocycles. The van der Waals surface area contributed by atoms with Crippen molar-refractivity contribution in [2.24, 2.45) is 11.0 Å². The zero-order valence-corrected chi connectivity index (χ0v) is 9.04. The van der Waals surface area contributed by atoms with Crippen LogP contribution in [0.2, 0.25) is 0 Å². The third-order valence-electron chi connectivity index (χ3n) is 2.17. The number of pyridine rings is 1. The lowest BCUT2D eigenvalue weighted by atomic mass is 10.2. The zero-order chi connectivity index (χ0) is 12.1. The van der Waals surface area contributed by atoms with E-state index in [1.165, 1.54) is 19.3 Å². The molecule has 0 atom stereocenters. The normalized spacial score (nSPS) is 11.7. The summed E-state index contributed by atoms with van der Waals surface area (Å²) in [6.45, 7) is 3.04. The van der Waals surface area contributed by atoms with E-state index in [-0.39, 0.29) is 5.70 Å². The van der Waals surface area contributed by atoms with Gasteiger partial charge in [-0.15, -0.1) is 4.91 Å². The van der Waals surface area contributed by atoms with Crippen molar-refractivity contribution in [3.8, 4) is 0 Å². The number of rotatable bonds is 3. The molecule has 1 rings (SSSR count). The molecule has 6 heteroatoms. The molecule has 1 heterocycles. The van der Waals surface area contributed by atoms with Crippen molar-refractivity contribution in [3.63, 3.8) is 0 Å². The Balaban J connectivity index is 2.96. The van der Waals surface area contributed by atoms with Crippen molar-refractivity contribution in [1.82, 2.24) is 9.99 Å². The van der Waals surface area contributed by atoms with E-state index < -0.39 is 5.91 Å². The fourth-order valence-corrected chi connectivity index (χ4v) is 1.03. The van der Waals surface area contributed by atoms with Gasteiger partial charge in [-0.2, -0.15) is 0 Å². The molecule has 2 N–H and O–H groups in total. The Hall–Kier alpha value is -2.08. The van der Waals surface area contributed by atoms with Crippen molar-refractivity contribution in [2.75, 3.05) is 0 Å². The predicted molar refractivity (Wildman–Crippen MR) is 58.8 cm³/mol. The van der Waals surface area contributed by atoms with Gasteiger partial charge in [0.15, 0.2) is 0 Å². The number of hydrogen-bond acceptors (Lipinski definition) is 5. The molecule has 16 heavy (non-hydrogen) atoms. The lowest BCUT2D eigenvalue weighted by Gasteiger charge is -2.17. The van der Waals surface area contributed by atoms with Gasteiger partial charge in [0.25, 0.3) is 5.91 Å². The summed E-state index contributed by atoms with van der Waals surface area (Å²) in [6.07, 6.45) is 2.98. The van der Waals surface area contributed by atoms with Crippen molar-refractivity contribution in [2.45, 2.75) is 13.8 Å². The van der Waals surface area contributed by atoms with Gasteiger partial charge in [0.1, 0.15) is 5.70 Å². The second-order valence-electron chi connectivity index (χ2n) is 3.17. The van der Waals surface area contributed by atoms with Crippen LogP contribution in [0.25, 0.3) is 0 Å². The molecular weight excluding hydrogens is 208 g/mol. The van der Waals surface area contributed by atoms with Crippen LogP contribution in [0.1, 0.15) is 24.2 Å². The number of nitroso groups, excluding NO2 is 1. The highest BCUT2D eigenvalue weighted by atomic mass is 16.3. The highest BCUT2D eigenvalue weighted by molar-refractivity contribution is 5.94. The summed E-state index contributed by atoms with van der Waals surface area (Å²) < 4.78 is 0. The van der Waals surface area contributed by atoms with E-state index in [1.54, 1.807) is 19.1 Å². The monoisotopic (exact) mass is 220 g/mol. The maximum absolute atomic E-state index is 11.8. The van der Waals surface area contributed by atoms with Gasteiger partial charge in [0.2, 0.25) is 0 Å². The molecule has 0 fully saturated rings. The standard InChI is InChI=1S/C10H12N4O2/c1-7(13-16)8(2)14(11)10(15)9-3-5-12-6-4-9/h3-6H,11H2,1-2H3. The zero-order valence-electron chi connectivity index (χ0n) is 9.04. The number of hydrogen-bond donors (Lipinski definition) is 1. The maximum atomic E-state index is 11.8. The molecule has 0 aliphatic rings. The van der Waals surface area contributed by atoms with Gasteiger partial charge in [-0.3, -0.25) is 9.78 Å². The summed E-state index contributed by atoms with van der Waals surface area (Å²) in [7, 11) is 0.